The Hall–Kier alpha value is -0.960. The number of ether oxygens (including phenoxy) is 1. The van der Waals surface area contributed by atoms with Crippen molar-refractivity contribution in [3.05, 3.63) is 29.8 Å². The first kappa shape index (κ1) is 11.1. The van der Waals surface area contributed by atoms with Crippen LogP contribution in [0.3, 0.4) is 0 Å². The van der Waals surface area contributed by atoms with Gasteiger partial charge in [-0.25, -0.2) is 0 Å². The van der Waals surface area contributed by atoms with E-state index in [9.17, 15) is 4.79 Å². The molecule has 0 aromatic heterocycles. The van der Waals surface area contributed by atoms with Crippen molar-refractivity contribution < 1.29 is 9.53 Å². The topological polar surface area (TPSA) is 26.3 Å². The molecule has 2 nitrogen and oxygen atoms in total. The molecule has 0 aliphatic rings. The van der Waals surface area contributed by atoms with Crippen molar-refractivity contribution in [2.24, 2.45) is 0 Å². The van der Waals surface area contributed by atoms with E-state index < -0.39 is 0 Å². The molecule has 0 N–H and O–H groups in total. The lowest BCUT2D eigenvalue weighted by Gasteiger charge is -2.09. The van der Waals surface area contributed by atoms with Crippen LogP contribution in [-0.2, 0) is 4.79 Å². The fourth-order valence-electron chi connectivity index (χ4n) is 1.19. The second-order valence-electron chi connectivity index (χ2n) is 3.02. The lowest BCUT2D eigenvalue weighted by atomic mass is 10.2. The number of hydrogen-bond donors (Lipinski definition) is 0. The molecule has 1 aromatic carbocycles. The van der Waals surface area contributed by atoms with Crippen LogP contribution in [0.25, 0.3) is 0 Å². The molecule has 1 atom stereocenters. The number of rotatable bonds is 3. The summed E-state index contributed by atoms with van der Waals surface area (Å²) in [6, 6.07) is 7.79. The Morgan fingerprint density at radius 1 is 1.36 bits per heavy atom. The van der Waals surface area contributed by atoms with E-state index in [1.54, 1.807) is 14.0 Å². The van der Waals surface area contributed by atoms with Crippen molar-refractivity contribution in [2.45, 2.75) is 19.1 Å². The Kier molecular flexibility index (Phi) is 4.01. The highest BCUT2D eigenvalue weighted by Gasteiger charge is 2.08. The second kappa shape index (κ2) is 5.05. The third kappa shape index (κ3) is 3.07. The fraction of sp³-hybridized carbons (Fsp3) is 0.364. The maximum atomic E-state index is 10.9. The maximum Gasteiger partial charge on any atom is 0.186 e. The van der Waals surface area contributed by atoms with Crippen LogP contribution < -0.4 is 4.74 Å². The molecule has 0 heterocycles. The Labute approximate surface area is 88.7 Å². The summed E-state index contributed by atoms with van der Waals surface area (Å²) in [5.41, 5.74) is 1.14. The molecule has 1 aromatic rings. The molecular formula is C11H14O2S. The number of carbonyl (C=O) groups excluding carboxylic acids is 1. The second-order valence-corrected chi connectivity index (χ2v) is 4.54. The summed E-state index contributed by atoms with van der Waals surface area (Å²) in [4.78, 5) is 10.9. The fourth-order valence-corrected chi connectivity index (χ4v) is 1.98. The highest BCUT2D eigenvalue weighted by Crippen LogP contribution is 2.29. The molecule has 0 saturated heterocycles. The molecule has 0 saturated carbocycles. The van der Waals surface area contributed by atoms with Gasteiger partial charge in [0, 0.05) is 12.2 Å². The average Bonchev–Trinajstić information content (AvgIpc) is 2.17. The number of carbonyl (C=O) groups is 1. The molecule has 0 aliphatic heterocycles. The van der Waals surface area contributed by atoms with Gasteiger partial charge in [0.2, 0.25) is 0 Å². The van der Waals surface area contributed by atoms with E-state index in [4.69, 9.17) is 4.74 Å². The van der Waals surface area contributed by atoms with E-state index in [-0.39, 0.29) is 10.4 Å². The smallest absolute Gasteiger partial charge is 0.186 e. The molecule has 1 unspecified atom stereocenters. The van der Waals surface area contributed by atoms with Gasteiger partial charge in [0.25, 0.3) is 0 Å². The molecule has 1 rings (SSSR count). The van der Waals surface area contributed by atoms with Gasteiger partial charge >= 0.3 is 0 Å². The molecule has 0 radical (unpaired) electrons. The molecule has 0 spiro atoms. The number of hydrogen-bond acceptors (Lipinski definition) is 3. The summed E-state index contributed by atoms with van der Waals surface area (Å²) in [7, 11) is 1.64. The summed E-state index contributed by atoms with van der Waals surface area (Å²) in [6.07, 6.45) is 0. The average molecular weight is 210 g/mol. The van der Waals surface area contributed by atoms with Crippen molar-refractivity contribution in [2.75, 3.05) is 7.11 Å². The van der Waals surface area contributed by atoms with Crippen LogP contribution in [0.1, 0.15) is 24.7 Å². The van der Waals surface area contributed by atoms with Crippen LogP contribution in [-0.4, -0.2) is 12.2 Å². The van der Waals surface area contributed by atoms with Crippen molar-refractivity contribution in [3.63, 3.8) is 0 Å². The van der Waals surface area contributed by atoms with Gasteiger partial charge in [-0.15, -0.1) is 0 Å². The molecule has 0 fully saturated rings. The van der Waals surface area contributed by atoms with Crippen molar-refractivity contribution in [3.8, 4) is 5.75 Å². The van der Waals surface area contributed by atoms with E-state index in [1.807, 2.05) is 31.2 Å². The molecule has 14 heavy (non-hydrogen) atoms. The standard InChI is InChI=1S/C11H14O2S/c1-8(14-9(2)12)10-4-6-11(13-3)7-5-10/h4-8H,1-3H3. The van der Waals surface area contributed by atoms with Crippen LogP contribution in [0, 0.1) is 0 Å². The van der Waals surface area contributed by atoms with E-state index >= 15 is 0 Å². The SMILES string of the molecule is COc1ccc(C(C)SC(C)=O)cc1. The first-order valence-electron chi connectivity index (χ1n) is 4.44. The Morgan fingerprint density at radius 2 is 1.93 bits per heavy atom. The zero-order valence-corrected chi connectivity index (χ0v) is 9.43. The lowest BCUT2D eigenvalue weighted by molar-refractivity contribution is -0.109. The first-order valence-corrected chi connectivity index (χ1v) is 5.32. The van der Waals surface area contributed by atoms with Gasteiger partial charge in [0.1, 0.15) is 5.75 Å². The minimum atomic E-state index is 0.147. The van der Waals surface area contributed by atoms with Crippen LogP contribution in [0.2, 0.25) is 0 Å². The lowest BCUT2D eigenvalue weighted by Crippen LogP contribution is -1.92. The van der Waals surface area contributed by atoms with Crippen molar-refractivity contribution in [1.82, 2.24) is 0 Å². The third-order valence-corrected chi connectivity index (χ3v) is 2.89. The van der Waals surface area contributed by atoms with E-state index in [0.29, 0.717) is 0 Å². The largest absolute Gasteiger partial charge is 0.497 e. The summed E-state index contributed by atoms with van der Waals surface area (Å²) in [5, 5.41) is 0.353. The summed E-state index contributed by atoms with van der Waals surface area (Å²) < 4.78 is 5.06. The van der Waals surface area contributed by atoms with Crippen molar-refractivity contribution in [1.29, 1.82) is 0 Å². The maximum absolute atomic E-state index is 10.9. The van der Waals surface area contributed by atoms with Gasteiger partial charge in [-0.05, 0) is 24.6 Å². The van der Waals surface area contributed by atoms with Gasteiger partial charge in [-0.1, -0.05) is 23.9 Å². The van der Waals surface area contributed by atoms with Crippen LogP contribution in [0.4, 0.5) is 0 Å². The zero-order chi connectivity index (χ0) is 10.6. The van der Waals surface area contributed by atoms with E-state index in [0.717, 1.165) is 11.3 Å². The predicted molar refractivity (Wildman–Crippen MR) is 59.7 cm³/mol. The summed E-state index contributed by atoms with van der Waals surface area (Å²) >= 11 is 1.34. The third-order valence-electron chi connectivity index (χ3n) is 1.93. The molecule has 3 heteroatoms. The summed E-state index contributed by atoms with van der Waals surface area (Å²) in [5.74, 6) is 0.841. The van der Waals surface area contributed by atoms with Crippen LogP contribution >= 0.6 is 11.8 Å². The van der Waals surface area contributed by atoms with Crippen LogP contribution in [0.15, 0.2) is 24.3 Å². The molecule has 0 bridgehead atoms. The van der Waals surface area contributed by atoms with Gasteiger partial charge in [-0.3, -0.25) is 4.79 Å². The first-order chi connectivity index (χ1) is 6.63. The Morgan fingerprint density at radius 3 is 2.36 bits per heavy atom. The quantitative estimate of drug-likeness (QED) is 0.767. The minimum Gasteiger partial charge on any atom is -0.497 e. The molecular weight excluding hydrogens is 196 g/mol. The molecule has 0 amide bonds. The zero-order valence-electron chi connectivity index (χ0n) is 8.61. The summed E-state index contributed by atoms with van der Waals surface area (Å²) in [6.45, 7) is 3.61. The monoisotopic (exact) mass is 210 g/mol. The number of methoxy groups -OCH3 is 1. The normalized spacial score (nSPS) is 12.2. The van der Waals surface area contributed by atoms with Gasteiger partial charge in [0.15, 0.2) is 5.12 Å². The van der Waals surface area contributed by atoms with Crippen LogP contribution in [0.5, 0.6) is 5.75 Å². The number of benzene rings is 1. The highest BCUT2D eigenvalue weighted by molar-refractivity contribution is 8.13. The Bertz CT molecular complexity index is 306. The van der Waals surface area contributed by atoms with Crippen molar-refractivity contribution >= 4 is 16.9 Å². The Balaban J connectivity index is 2.71. The van der Waals surface area contributed by atoms with E-state index in [1.165, 1.54) is 11.8 Å². The highest BCUT2D eigenvalue weighted by atomic mass is 32.2. The number of thioether (sulfide) groups is 1. The van der Waals surface area contributed by atoms with Gasteiger partial charge < -0.3 is 4.74 Å². The predicted octanol–water partition coefficient (Wildman–Crippen LogP) is 3.04. The molecule has 0 aliphatic carbocycles. The van der Waals surface area contributed by atoms with Gasteiger partial charge in [-0.2, -0.15) is 0 Å². The van der Waals surface area contributed by atoms with Gasteiger partial charge in [0.05, 0.1) is 7.11 Å². The molecule has 76 valence electrons. The minimum absolute atomic E-state index is 0.147. The van der Waals surface area contributed by atoms with E-state index in [2.05, 4.69) is 0 Å².